The molecule has 2 atom stereocenters. The van der Waals surface area contributed by atoms with E-state index in [-0.39, 0.29) is 22.8 Å². The number of amides is 1. The fourth-order valence-electron chi connectivity index (χ4n) is 4.11. The average Bonchev–Trinajstić information content (AvgIpc) is 3.32. The number of rotatable bonds is 10. The maximum atomic E-state index is 13.1. The second-order valence-corrected chi connectivity index (χ2v) is 10.7. The lowest BCUT2D eigenvalue weighted by Crippen LogP contribution is -2.51. The highest BCUT2D eigenvalue weighted by molar-refractivity contribution is 7.89. The van der Waals surface area contributed by atoms with Crippen LogP contribution < -0.4 is 14.8 Å². The number of ether oxygens (including phenoxy) is 1. The van der Waals surface area contributed by atoms with Gasteiger partial charge in [0.1, 0.15) is 11.8 Å². The van der Waals surface area contributed by atoms with Crippen LogP contribution in [0.15, 0.2) is 53.4 Å². The van der Waals surface area contributed by atoms with E-state index in [1.807, 2.05) is 45.0 Å². The lowest BCUT2D eigenvalue weighted by Gasteiger charge is -2.30. The van der Waals surface area contributed by atoms with Gasteiger partial charge in [-0.2, -0.15) is 4.72 Å². The molecule has 0 aliphatic carbocycles. The van der Waals surface area contributed by atoms with E-state index in [9.17, 15) is 13.2 Å². The quantitative estimate of drug-likeness (QED) is 0.553. The number of hydrogen-bond donors (Lipinski definition) is 2. The van der Waals surface area contributed by atoms with Gasteiger partial charge in [0, 0.05) is 6.54 Å². The van der Waals surface area contributed by atoms with Crippen LogP contribution in [0.4, 0.5) is 0 Å². The lowest BCUT2D eigenvalue weighted by molar-refractivity contribution is -0.123. The largest absolute Gasteiger partial charge is 0.497 e. The van der Waals surface area contributed by atoms with Crippen LogP contribution >= 0.6 is 0 Å². The summed E-state index contributed by atoms with van der Waals surface area (Å²) >= 11 is 0. The molecule has 180 valence electrons. The molecule has 0 bridgehead atoms. The summed E-state index contributed by atoms with van der Waals surface area (Å²) in [5, 5.41) is 3.01. The Labute approximate surface area is 197 Å². The van der Waals surface area contributed by atoms with E-state index in [2.05, 4.69) is 14.9 Å². The molecular weight excluding hydrogens is 438 g/mol. The van der Waals surface area contributed by atoms with Gasteiger partial charge < -0.3 is 10.1 Å². The van der Waals surface area contributed by atoms with Crippen molar-refractivity contribution in [3.8, 4) is 5.75 Å². The molecule has 1 heterocycles. The molecule has 0 unspecified atom stereocenters. The molecule has 2 aromatic carbocycles. The number of carbonyl (C=O) groups is 1. The summed E-state index contributed by atoms with van der Waals surface area (Å²) in [6.45, 7) is 7.88. The molecule has 8 heteroatoms. The van der Waals surface area contributed by atoms with Gasteiger partial charge in [-0.25, -0.2) is 8.42 Å². The highest BCUT2D eigenvalue weighted by Gasteiger charge is 2.30. The molecule has 0 aromatic heterocycles. The van der Waals surface area contributed by atoms with Crippen molar-refractivity contribution in [2.24, 2.45) is 5.92 Å². The number of carbonyl (C=O) groups excluding carboxylic acids is 1. The SMILES string of the molecule is COc1cccc([C@@H](CNC(=O)[C@H](NS(=O)(=O)c2ccc(C)cc2)C(C)C)N2CCCC2)c1. The van der Waals surface area contributed by atoms with Gasteiger partial charge in [0.05, 0.1) is 18.0 Å². The van der Waals surface area contributed by atoms with Gasteiger partial charge in [-0.3, -0.25) is 9.69 Å². The van der Waals surface area contributed by atoms with Crippen LogP contribution in [-0.2, 0) is 14.8 Å². The van der Waals surface area contributed by atoms with E-state index in [0.29, 0.717) is 6.54 Å². The van der Waals surface area contributed by atoms with Gasteiger partial charge in [-0.1, -0.05) is 43.7 Å². The number of hydrogen-bond acceptors (Lipinski definition) is 5. The Kier molecular flexibility index (Phi) is 8.51. The second-order valence-electron chi connectivity index (χ2n) is 8.94. The summed E-state index contributed by atoms with van der Waals surface area (Å²) < 4.78 is 33.8. The lowest BCUT2D eigenvalue weighted by atomic mass is 10.0. The van der Waals surface area contributed by atoms with E-state index in [1.54, 1.807) is 31.4 Å². The smallest absolute Gasteiger partial charge is 0.241 e. The summed E-state index contributed by atoms with van der Waals surface area (Å²) in [6.07, 6.45) is 2.25. The Morgan fingerprint density at radius 3 is 2.36 bits per heavy atom. The number of sulfonamides is 1. The minimum absolute atomic E-state index is 0.00642. The van der Waals surface area contributed by atoms with Crippen molar-refractivity contribution in [2.75, 3.05) is 26.7 Å². The van der Waals surface area contributed by atoms with Crippen LogP contribution in [0, 0.1) is 12.8 Å². The summed E-state index contributed by atoms with van der Waals surface area (Å²) in [7, 11) is -2.18. The normalized spacial score (nSPS) is 16.5. The maximum Gasteiger partial charge on any atom is 0.241 e. The van der Waals surface area contributed by atoms with E-state index in [4.69, 9.17) is 4.74 Å². The second kappa shape index (κ2) is 11.1. The van der Waals surface area contributed by atoms with Crippen molar-refractivity contribution >= 4 is 15.9 Å². The molecule has 2 aromatic rings. The predicted molar refractivity (Wildman–Crippen MR) is 130 cm³/mol. The summed E-state index contributed by atoms with van der Waals surface area (Å²) in [5.74, 6) is 0.231. The van der Waals surface area contributed by atoms with Gasteiger partial charge in [-0.15, -0.1) is 0 Å². The van der Waals surface area contributed by atoms with Crippen LogP contribution in [0.3, 0.4) is 0 Å². The third-order valence-electron chi connectivity index (χ3n) is 6.09. The summed E-state index contributed by atoms with van der Waals surface area (Å²) in [4.78, 5) is 15.6. The fourth-order valence-corrected chi connectivity index (χ4v) is 5.46. The maximum absolute atomic E-state index is 13.1. The minimum atomic E-state index is -3.82. The highest BCUT2D eigenvalue weighted by Crippen LogP contribution is 2.27. The molecule has 1 aliphatic rings. The van der Waals surface area contributed by atoms with Crippen LogP contribution in [0.5, 0.6) is 5.75 Å². The number of benzene rings is 2. The van der Waals surface area contributed by atoms with Gasteiger partial charge in [-0.05, 0) is 68.6 Å². The first-order valence-electron chi connectivity index (χ1n) is 11.5. The Bertz CT molecular complexity index is 1030. The average molecular weight is 474 g/mol. The van der Waals surface area contributed by atoms with Crippen LogP contribution in [-0.4, -0.2) is 52.0 Å². The Hall–Kier alpha value is -2.42. The van der Waals surface area contributed by atoms with Crippen molar-refractivity contribution in [1.29, 1.82) is 0 Å². The molecule has 1 saturated heterocycles. The zero-order chi connectivity index (χ0) is 24.0. The number of methoxy groups -OCH3 is 1. The van der Waals surface area contributed by atoms with Crippen molar-refractivity contribution in [1.82, 2.24) is 14.9 Å². The van der Waals surface area contributed by atoms with E-state index >= 15 is 0 Å². The number of aryl methyl sites for hydroxylation is 1. The summed E-state index contributed by atoms with van der Waals surface area (Å²) in [6, 6.07) is 13.6. The molecule has 1 fully saturated rings. The third kappa shape index (κ3) is 6.56. The van der Waals surface area contributed by atoms with Gasteiger partial charge in [0.2, 0.25) is 15.9 Å². The van der Waals surface area contributed by atoms with Gasteiger partial charge in [0.25, 0.3) is 0 Å². The number of nitrogens with zero attached hydrogens (tertiary/aromatic N) is 1. The number of nitrogens with one attached hydrogen (secondary N) is 2. The van der Waals surface area contributed by atoms with E-state index in [1.165, 1.54) is 0 Å². The third-order valence-corrected chi connectivity index (χ3v) is 7.55. The molecule has 1 aliphatic heterocycles. The van der Waals surface area contributed by atoms with Crippen LogP contribution in [0.2, 0.25) is 0 Å². The molecule has 3 rings (SSSR count). The van der Waals surface area contributed by atoms with Gasteiger partial charge >= 0.3 is 0 Å². The first-order chi connectivity index (χ1) is 15.7. The van der Waals surface area contributed by atoms with Crippen molar-refractivity contribution in [2.45, 2.75) is 50.6 Å². The molecule has 1 amide bonds. The number of likely N-dealkylation sites (tertiary alicyclic amines) is 1. The monoisotopic (exact) mass is 473 g/mol. The van der Waals surface area contributed by atoms with Gasteiger partial charge in [0.15, 0.2) is 0 Å². The standard InChI is InChI=1S/C25H35N3O4S/c1-18(2)24(27-33(30,31)22-12-10-19(3)11-13-22)25(29)26-17-23(28-14-5-6-15-28)20-8-7-9-21(16-20)32-4/h7-13,16,18,23-24,27H,5-6,14-15,17H2,1-4H3,(H,26,29)/t23-,24-/m1/s1. The van der Waals surface area contributed by atoms with Crippen LogP contribution in [0.1, 0.15) is 43.9 Å². The predicted octanol–water partition coefficient (Wildman–Crippen LogP) is 3.26. The van der Waals surface area contributed by atoms with E-state index in [0.717, 1.165) is 42.8 Å². The van der Waals surface area contributed by atoms with Crippen LogP contribution in [0.25, 0.3) is 0 Å². The topological polar surface area (TPSA) is 87.7 Å². The van der Waals surface area contributed by atoms with E-state index < -0.39 is 16.1 Å². The summed E-state index contributed by atoms with van der Waals surface area (Å²) in [5.41, 5.74) is 2.04. The first-order valence-corrected chi connectivity index (χ1v) is 12.9. The molecule has 33 heavy (non-hydrogen) atoms. The highest BCUT2D eigenvalue weighted by atomic mass is 32.2. The van der Waals surface area contributed by atoms with Crippen molar-refractivity contribution < 1.29 is 17.9 Å². The molecule has 7 nitrogen and oxygen atoms in total. The molecule has 2 N–H and O–H groups in total. The minimum Gasteiger partial charge on any atom is -0.497 e. The zero-order valence-electron chi connectivity index (χ0n) is 19.9. The Balaban J connectivity index is 1.74. The molecule has 0 saturated carbocycles. The molecule has 0 radical (unpaired) electrons. The molecular formula is C25H35N3O4S. The Morgan fingerprint density at radius 1 is 1.09 bits per heavy atom. The van der Waals surface area contributed by atoms with Crippen molar-refractivity contribution in [3.63, 3.8) is 0 Å². The fraction of sp³-hybridized carbons (Fsp3) is 0.480. The zero-order valence-corrected chi connectivity index (χ0v) is 20.7. The first kappa shape index (κ1) is 25.2. The molecule has 0 spiro atoms. The Morgan fingerprint density at radius 2 is 1.76 bits per heavy atom. The van der Waals surface area contributed by atoms with Crippen molar-refractivity contribution in [3.05, 3.63) is 59.7 Å².